The van der Waals surface area contributed by atoms with Gasteiger partial charge in [0.15, 0.2) is 8.07 Å². The molecule has 0 amide bonds. The van der Waals surface area contributed by atoms with E-state index in [4.69, 9.17) is 9.97 Å². The molecule has 8 aromatic carbocycles. The minimum absolute atomic E-state index is 0.960. The summed E-state index contributed by atoms with van der Waals surface area (Å²) in [6, 6.07) is 83.8. The third-order valence-corrected chi connectivity index (χ3v) is 17.6. The Balaban J connectivity index is 1.27. The zero-order chi connectivity index (χ0) is 41.7. The van der Waals surface area contributed by atoms with Gasteiger partial charge in [0.2, 0.25) is 0 Å². The molecule has 10 aromatic rings. The molecule has 4 nitrogen and oxygen atoms in total. The highest BCUT2D eigenvalue weighted by Gasteiger charge is 2.56. The highest BCUT2D eigenvalue weighted by Crippen LogP contribution is 2.51. The van der Waals surface area contributed by atoms with Gasteiger partial charge in [-0.05, 0) is 117 Å². The van der Waals surface area contributed by atoms with Crippen LogP contribution in [0, 0.1) is 0 Å². The van der Waals surface area contributed by atoms with Gasteiger partial charge in [0, 0.05) is 57.4 Å². The van der Waals surface area contributed by atoms with E-state index in [1.54, 1.807) is 0 Å². The van der Waals surface area contributed by atoms with E-state index in [0.717, 1.165) is 56.6 Å². The molecule has 4 heterocycles. The van der Waals surface area contributed by atoms with Crippen LogP contribution in [0.15, 0.2) is 243 Å². The van der Waals surface area contributed by atoms with Crippen LogP contribution < -0.4 is 30.5 Å². The zero-order valence-corrected chi connectivity index (χ0v) is 35.4. The van der Waals surface area contributed by atoms with Crippen LogP contribution in [-0.4, -0.2) is 18.0 Å². The molecule has 0 unspecified atom stereocenters. The van der Waals surface area contributed by atoms with Crippen molar-refractivity contribution in [2.24, 2.45) is 0 Å². The maximum Gasteiger partial charge on any atom is 0.182 e. The van der Waals surface area contributed by atoms with E-state index in [9.17, 15) is 0 Å². The molecule has 2 aliphatic heterocycles. The first-order chi connectivity index (χ1) is 31.3. The highest BCUT2D eigenvalue weighted by atomic mass is 28.3. The van der Waals surface area contributed by atoms with Crippen molar-refractivity contribution in [3.63, 3.8) is 0 Å². The molecule has 12 rings (SSSR count). The van der Waals surface area contributed by atoms with E-state index in [-0.39, 0.29) is 0 Å². The lowest BCUT2D eigenvalue weighted by atomic mass is 9.92. The van der Waals surface area contributed by atoms with Crippen molar-refractivity contribution in [2.45, 2.75) is 0 Å². The second kappa shape index (κ2) is 15.1. The van der Waals surface area contributed by atoms with Crippen molar-refractivity contribution in [3.8, 4) is 44.8 Å². The number of hydrogen-bond acceptors (Lipinski definition) is 4. The van der Waals surface area contributed by atoms with Gasteiger partial charge in [0.25, 0.3) is 0 Å². The Kier molecular flexibility index (Phi) is 8.80. The Morgan fingerprint density at radius 3 is 0.921 bits per heavy atom. The molecule has 2 aromatic heterocycles. The number of pyridine rings is 2. The molecule has 0 N–H and O–H groups in total. The van der Waals surface area contributed by atoms with Crippen molar-refractivity contribution in [1.29, 1.82) is 0 Å². The number of nitrogens with zero attached hydrogens (tertiary/aromatic N) is 4. The average molecular weight is 821 g/mol. The van der Waals surface area contributed by atoms with Crippen molar-refractivity contribution < 1.29 is 0 Å². The molecule has 0 fully saturated rings. The number of aromatic nitrogens is 2. The SMILES string of the molecule is c1ccc(N(c2ccccc2)c2cccc3c2-c2c(N(c4ccccc4)c4ccccc4)cccc2[Si]32c3cccc(-c4ccccn4)c3-c3c(-c4ccccn4)cccc32)cc1. The second-order valence-corrected chi connectivity index (χ2v) is 19.7. The molecule has 0 bridgehead atoms. The van der Waals surface area contributed by atoms with E-state index in [2.05, 4.69) is 228 Å². The van der Waals surface area contributed by atoms with Crippen LogP contribution in [0.25, 0.3) is 44.8 Å². The van der Waals surface area contributed by atoms with Gasteiger partial charge in [0.1, 0.15) is 0 Å². The van der Waals surface area contributed by atoms with E-state index in [0.29, 0.717) is 0 Å². The molecular weight excluding hydrogens is 781 g/mol. The lowest BCUT2D eigenvalue weighted by Gasteiger charge is -2.31. The summed E-state index contributed by atoms with van der Waals surface area (Å²) >= 11 is 0. The summed E-state index contributed by atoms with van der Waals surface area (Å²) in [5.41, 5.74) is 15.9. The molecule has 1 spiro atoms. The Morgan fingerprint density at radius 1 is 0.270 bits per heavy atom. The molecule has 296 valence electrons. The fraction of sp³-hybridized carbons (Fsp3) is 0. The summed E-state index contributed by atoms with van der Waals surface area (Å²) < 4.78 is 0. The van der Waals surface area contributed by atoms with Crippen LogP contribution in [-0.2, 0) is 0 Å². The summed E-state index contributed by atoms with van der Waals surface area (Å²) in [7, 11) is -3.15. The predicted molar refractivity (Wildman–Crippen MR) is 264 cm³/mol. The molecular formula is C58H40N4Si. The summed E-state index contributed by atoms with van der Waals surface area (Å²) in [5, 5.41) is 5.49. The molecule has 2 aliphatic rings. The largest absolute Gasteiger partial charge is 0.310 e. The maximum absolute atomic E-state index is 5.00. The number of hydrogen-bond donors (Lipinski definition) is 0. The molecule has 5 heteroatoms. The third kappa shape index (κ3) is 5.67. The van der Waals surface area contributed by atoms with E-state index < -0.39 is 8.07 Å². The van der Waals surface area contributed by atoms with Gasteiger partial charge in [0.05, 0.1) is 22.8 Å². The molecule has 0 radical (unpaired) electrons. The second-order valence-electron chi connectivity index (χ2n) is 16.0. The number of fused-ring (bicyclic) bond motifs is 10. The van der Waals surface area contributed by atoms with Crippen molar-refractivity contribution in [1.82, 2.24) is 9.97 Å². The van der Waals surface area contributed by atoms with Crippen LogP contribution >= 0.6 is 0 Å². The van der Waals surface area contributed by atoms with Gasteiger partial charge in [-0.2, -0.15) is 0 Å². The quantitative estimate of drug-likeness (QED) is 0.143. The van der Waals surface area contributed by atoms with Crippen LogP contribution in [0.1, 0.15) is 0 Å². The molecule has 0 saturated heterocycles. The van der Waals surface area contributed by atoms with Gasteiger partial charge in [-0.15, -0.1) is 0 Å². The Morgan fingerprint density at radius 2 is 0.587 bits per heavy atom. The van der Waals surface area contributed by atoms with Crippen LogP contribution in [0.4, 0.5) is 34.1 Å². The maximum atomic E-state index is 5.00. The van der Waals surface area contributed by atoms with Gasteiger partial charge in [-0.1, -0.05) is 146 Å². The van der Waals surface area contributed by atoms with Gasteiger partial charge in [-0.25, -0.2) is 0 Å². The fourth-order valence-electron chi connectivity index (χ4n) is 10.4. The van der Waals surface area contributed by atoms with Crippen LogP contribution in [0.3, 0.4) is 0 Å². The van der Waals surface area contributed by atoms with Gasteiger partial charge < -0.3 is 9.80 Å². The number of anilines is 6. The minimum Gasteiger partial charge on any atom is -0.310 e. The molecule has 63 heavy (non-hydrogen) atoms. The number of benzene rings is 8. The standard InChI is InChI=1S/C58H40N4Si/c1-5-21-41(22-6-1)61(42-23-7-2-8-24-42)49-33-19-37-53-57(49)58-50(62(43-25-9-3-10-26-43)44-27-11-4-12-28-44)34-20-38-54(58)63(53)51-35-17-29-45(47-31-13-15-39-59-47)55(51)56-46(30-18-36-52(56)63)48-32-14-16-40-60-48/h1-40H. The summed E-state index contributed by atoms with van der Waals surface area (Å²) in [6.45, 7) is 0. The normalized spacial score (nSPS) is 12.6. The smallest absolute Gasteiger partial charge is 0.182 e. The summed E-state index contributed by atoms with van der Waals surface area (Å²) in [4.78, 5) is 14.9. The third-order valence-electron chi connectivity index (χ3n) is 12.8. The summed E-state index contributed by atoms with van der Waals surface area (Å²) in [6.07, 6.45) is 3.81. The highest BCUT2D eigenvalue weighted by molar-refractivity contribution is 7.24. The Bertz CT molecular complexity index is 2970. The molecule has 0 saturated carbocycles. The van der Waals surface area contributed by atoms with E-state index in [1.807, 2.05) is 24.5 Å². The molecule has 0 atom stereocenters. The van der Waals surface area contributed by atoms with Crippen LogP contribution in [0.5, 0.6) is 0 Å². The zero-order valence-electron chi connectivity index (χ0n) is 34.4. The predicted octanol–water partition coefficient (Wildman–Crippen LogP) is 12.1. The Labute approximate surface area is 368 Å². The monoisotopic (exact) mass is 820 g/mol. The Hall–Kier alpha value is -8.12. The van der Waals surface area contributed by atoms with E-state index in [1.165, 1.54) is 43.0 Å². The topological polar surface area (TPSA) is 32.3 Å². The summed E-state index contributed by atoms with van der Waals surface area (Å²) in [5.74, 6) is 0. The average Bonchev–Trinajstić information content (AvgIpc) is 3.85. The van der Waals surface area contributed by atoms with Crippen molar-refractivity contribution in [2.75, 3.05) is 9.80 Å². The van der Waals surface area contributed by atoms with Crippen LogP contribution in [0.2, 0.25) is 0 Å². The lowest BCUT2D eigenvalue weighted by molar-refractivity contribution is 1.27. The van der Waals surface area contributed by atoms with Crippen molar-refractivity contribution in [3.05, 3.63) is 243 Å². The minimum atomic E-state index is -3.15. The first-order valence-corrected chi connectivity index (χ1v) is 23.5. The molecule has 0 aliphatic carbocycles. The fourth-order valence-corrected chi connectivity index (χ4v) is 16.0. The number of para-hydroxylation sites is 4. The van der Waals surface area contributed by atoms with Gasteiger partial charge in [-0.3, -0.25) is 9.97 Å². The number of rotatable bonds is 8. The first-order valence-electron chi connectivity index (χ1n) is 21.5. The van der Waals surface area contributed by atoms with Gasteiger partial charge >= 0.3 is 0 Å². The first kappa shape index (κ1) is 36.7. The van der Waals surface area contributed by atoms with Crippen molar-refractivity contribution >= 4 is 62.9 Å². The lowest BCUT2D eigenvalue weighted by Crippen LogP contribution is -2.70. The van der Waals surface area contributed by atoms with E-state index >= 15 is 0 Å².